The molecule has 1 N–H and O–H groups in total. The van der Waals surface area contributed by atoms with E-state index >= 15 is 0 Å². The molecule has 132 valence electrons. The van der Waals surface area contributed by atoms with Gasteiger partial charge in [0.15, 0.2) is 5.82 Å². The number of anilines is 4. The number of nitrogens with one attached hydrogen (secondary N) is 1. The number of ether oxygens (including phenoxy) is 1. The lowest BCUT2D eigenvalue weighted by Gasteiger charge is -2.29. The van der Waals surface area contributed by atoms with Crippen LogP contribution in [0.3, 0.4) is 0 Å². The number of piperidine rings is 1. The Balaban J connectivity index is 1.43. The molecule has 1 aromatic heterocycles. The summed E-state index contributed by atoms with van der Waals surface area (Å²) in [5.41, 5.74) is 2.30. The SMILES string of the molecule is c1cc(N2CCCCC2)ccc1Nc1cnnc(N2CCOCC2)n1. The summed E-state index contributed by atoms with van der Waals surface area (Å²) in [5, 5.41) is 11.5. The molecule has 1 aromatic carbocycles. The van der Waals surface area contributed by atoms with Crippen molar-refractivity contribution >= 4 is 23.1 Å². The van der Waals surface area contributed by atoms with Gasteiger partial charge in [-0.05, 0) is 43.5 Å². The molecule has 2 fully saturated rings. The molecule has 25 heavy (non-hydrogen) atoms. The molecule has 0 radical (unpaired) electrons. The van der Waals surface area contributed by atoms with E-state index in [1.807, 2.05) is 0 Å². The molecular weight excluding hydrogens is 316 g/mol. The average molecular weight is 340 g/mol. The summed E-state index contributed by atoms with van der Waals surface area (Å²) in [6.07, 6.45) is 5.58. The Morgan fingerprint density at radius 3 is 2.40 bits per heavy atom. The first-order valence-corrected chi connectivity index (χ1v) is 9.03. The normalized spacial score (nSPS) is 18.2. The zero-order valence-corrected chi connectivity index (χ0v) is 14.4. The fraction of sp³-hybridized carbons (Fsp3) is 0.500. The van der Waals surface area contributed by atoms with E-state index in [4.69, 9.17) is 4.74 Å². The van der Waals surface area contributed by atoms with Crippen molar-refractivity contribution in [2.75, 3.05) is 54.5 Å². The van der Waals surface area contributed by atoms with Gasteiger partial charge in [-0.1, -0.05) is 0 Å². The van der Waals surface area contributed by atoms with Gasteiger partial charge in [-0.3, -0.25) is 0 Å². The maximum atomic E-state index is 5.37. The summed E-state index contributed by atoms with van der Waals surface area (Å²) in [4.78, 5) is 9.13. The van der Waals surface area contributed by atoms with Crippen LogP contribution in [0.4, 0.5) is 23.1 Å². The first-order valence-electron chi connectivity index (χ1n) is 9.03. The number of morpholine rings is 1. The average Bonchev–Trinajstić information content (AvgIpc) is 2.70. The number of rotatable bonds is 4. The van der Waals surface area contributed by atoms with Crippen LogP contribution < -0.4 is 15.1 Å². The third kappa shape index (κ3) is 3.99. The molecule has 2 aliphatic heterocycles. The Bertz CT molecular complexity index is 680. The monoisotopic (exact) mass is 340 g/mol. The van der Waals surface area contributed by atoms with Gasteiger partial charge in [0.25, 0.3) is 0 Å². The number of hydrogen-bond acceptors (Lipinski definition) is 7. The zero-order valence-electron chi connectivity index (χ0n) is 14.4. The van der Waals surface area contributed by atoms with Crippen molar-refractivity contribution in [1.29, 1.82) is 0 Å². The lowest BCUT2D eigenvalue weighted by atomic mass is 10.1. The Labute approximate surface area is 148 Å². The van der Waals surface area contributed by atoms with Crippen molar-refractivity contribution in [1.82, 2.24) is 15.2 Å². The molecule has 2 aromatic rings. The summed E-state index contributed by atoms with van der Waals surface area (Å²) >= 11 is 0. The predicted octanol–water partition coefficient (Wildman–Crippen LogP) is 2.44. The Morgan fingerprint density at radius 2 is 1.64 bits per heavy atom. The molecule has 7 nitrogen and oxygen atoms in total. The van der Waals surface area contributed by atoms with Crippen LogP contribution in [0, 0.1) is 0 Å². The standard InChI is InChI=1S/C18H24N6O/c1-2-8-23(9-3-1)16-6-4-15(5-7-16)20-17-14-19-22-18(21-17)24-10-12-25-13-11-24/h4-7,14H,1-3,8-13H2,(H,20,21,22). The van der Waals surface area contributed by atoms with Crippen LogP contribution in [0.1, 0.15) is 19.3 Å². The van der Waals surface area contributed by atoms with E-state index in [2.05, 4.69) is 54.6 Å². The smallest absolute Gasteiger partial charge is 0.247 e. The molecule has 0 bridgehead atoms. The minimum absolute atomic E-state index is 0.651. The minimum Gasteiger partial charge on any atom is -0.378 e. The van der Waals surface area contributed by atoms with E-state index in [1.165, 1.54) is 24.9 Å². The quantitative estimate of drug-likeness (QED) is 0.917. The molecule has 2 saturated heterocycles. The highest BCUT2D eigenvalue weighted by Crippen LogP contribution is 2.23. The van der Waals surface area contributed by atoms with Crippen molar-refractivity contribution in [3.63, 3.8) is 0 Å². The van der Waals surface area contributed by atoms with Gasteiger partial charge < -0.3 is 19.9 Å². The maximum absolute atomic E-state index is 5.37. The molecule has 7 heteroatoms. The Morgan fingerprint density at radius 1 is 0.880 bits per heavy atom. The third-order valence-electron chi connectivity index (χ3n) is 4.70. The van der Waals surface area contributed by atoms with Crippen LogP contribution in [0.15, 0.2) is 30.5 Å². The van der Waals surface area contributed by atoms with E-state index in [-0.39, 0.29) is 0 Å². The fourth-order valence-corrected chi connectivity index (χ4v) is 3.31. The fourth-order valence-electron chi connectivity index (χ4n) is 3.31. The molecule has 2 aliphatic rings. The van der Waals surface area contributed by atoms with Crippen LogP contribution in [0.2, 0.25) is 0 Å². The topological polar surface area (TPSA) is 66.4 Å². The highest BCUT2D eigenvalue weighted by Gasteiger charge is 2.15. The molecule has 4 rings (SSSR count). The second-order valence-corrected chi connectivity index (χ2v) is 6.46. The number of benzene rings is 1. The Hall–Kier alpha value is -2.41. The van der Waals surface area contributed by atoms with E-state index in [9.17, 15) is 0 Å². The van der Waals surface area contributed by atoms with Crippen LogP contribution in [-0.2, 0) is 4.74 Å². The summed E-state index contributed by atoms with van der Waals surface area (Å²) in [6, 6.07) is 8.54. The van der Waals surface area contributed by atoms with Gasteiger partial charge in [-0.15, -0.1) is 5.10 Å². The van der Waals surface area contributed by atoms with Crippen molar-refractivity contribution in [2.45, 2.75) is 19.3 Å². The van der Waals surface area contributed by atoms with Crippen molar-refractivity contribution < 1.29 is 4.74 Å². The molecule has 0 saturated carbocycles. The van der Waals surface area contributed by atoms with Crippen molar-refractivity contribution in [3.8, 4) is 0 Å². The molecule has 0 amide bonds. The van der Waals surface area contributed by atoms with E-state index < -0.39 is 0 Å². The van der Waals surface area contributed by atoms with Gasteiger partial charge in [0, 0.05) is 37.6 Å². The van der Waals surface area contributed by atoms with Crippen LogP contribution >= 0.6 is 0 Å². The number of nitrogens with zero attached hydrogens (tertiary/aromatic N) is 5. The Kier molecular flexibility index (Phi) is 4.92. The highest BCUT2D eigenvalue weighted by molar-refractivity contribution is 5.61. The number of hydrogen-bond donors (Lipinski definition) is 1. The predicted molar refractivity (Wildman–Crippen MR) is 98.6 cm³/mol. The summed E-state index contributed by atoms with van der Waals surface area (Å²) in [6.45, 7) is 5.33. The van der Waals surface area contributed by atoms with Crippen LogP contribution in [0.5, 0.6) is 0 Å². The second-order valence-electron chi connectivity index (χ2n) is 6.46. The summed E-state index contributed by atoms with van der Waals surface area (Å²) < 4.78 is 5.37. The van der Waals surface area contributed by atoms with E-state index in [1.54, 1.807) is 6.20 Å². The largest absolute Gasteiger partial charge is 0.378 e. The van der Waals surface area contributed by atoms with Gasteiger partial charge in [0.05, 0.1) is 19.4 Å². The van der Waals surface area contributed by atoms with Crippen LogP contribution in [-0.4, -0.2) is 54.6 Å². The van der Waals surface area contributed by atoms with E-state index in [0.29, 0.717) is 25.0 Å². The summed E-state index contributed by atoms with van der Waals surface area (Å²) in [7, 11) is 0. The van der Waals surface area contributed by atoms with E-state index in [0.717, 1.165) is 31.9 Å². The molecule has 0 aliphatic carbocycles. The lowest BCUT2D eigenvalue weighted by Crippen LogP contribution is -2.37. The van der Waals surface area contributed by atoms with Gasteiger partial charge in [0.1, 0.15) is 0 Å². The maximum Gasteiger partial charge on any atom is 0.247 e. The molecule has 0 atom stereocenters. The summed E-state index contributed by atoms with van der Waals surface area (Å²) in [5.74, 6) is 1.36. The lowest BCUT2D eigenvalue weighted by molar-refractivity contribution is 0.122. The molecule has 3 heterocycles. The third-order valence-corrected chi connectivity index (χ3v) is 4.70. The van der Waals surface area contributed by atoms with Crippen molar-refractivity contribution in [2.24, 2.45) is 0 Å². The van der Waals surface area contributed by atoms with Crippen LogP contribution in [0.25, 0.3) is 0 Å². The zero-order chi connectivity index (χ0) is 16.9. The van der Waals surface area contributed by atoms with Gasteiger partial charge in [0.2, 0.25) is 5.95 Å². The van der Waals surface area contributed by atoms with Gasteiger partial charge in [-0.2, -0.15) is 10.1 Å². The minimum atomic E-state index is 0.651. The van der Waals surface area contributed by atoms with Crippen molar-refractivity contribution in [3.05, 3.63) is 30.5 Å². The highest BCUT2D eigenvalue weighted by atomic mass is 16.5. The number of aromatic nitrogens is 3. The molecule has 0 unspecified atom stereocenters. The van der Waals surface area contributed by atoms with Gasteiger partial charge in [-0.25, -0.2) is 0 Å². The molecular formula is C18H24N6O. The van der Waals surface area contributed by atoms with Gasteiger partial charge >= 0.3 is 0 Å². The molecule has 0 spiro atoms. The second kappa shape index (κ2) is 7.65. The first kappa shape index (κ1) is 16.1. The first-order chi connectivity index (χ1) is 12.4.